The van der Waals surface area contributed by atoms with Gasteiger partial charge in [0.25, 0.3) is 0 Å². The minimum atomic E-state index is -3.73. The molecule has 10 heteroatoms. The van der Waals surface area contributed by atoms with Gasteiger partial charge in [-0.25, -0.2) is 8.42 Å². The molecule has 1 aliphatic rings. The highest BCUT2D eigenvalue weighted by Gasteiger charge is 2.36. The van der Waals surface area contributed by atoms with E-state index in [4.69, 9.17) is 16.1 Å². The molecule has 1 aliphatic heterocycles. The second-order valence-corrected chi connectivity index (χ2v) is 10.4. The van der Waals surface area contributed by atoms with E-state index in [0.29, 0.717) is 30.1 Å². The van der Waals surface area contributed by atoms with Crippen molar-refractivity contribution < 1.29 is 17.7 Å². The van der Waals surface area contributed by atoms with Gasteiger partial charge < -0.3 is 9.42 Å². The lowest BCUT2D eigenvalue weighted by atomic mass is 9.96. The summed E-state index contributed by atoms with van der Waals surface area (Å²) >= 11 is 6.04. The van der Waals surface area contributed by atoms with Crippen LogP contribution >= 0.6 is 11.6 Å². The fraction of sp³-hybridized carbons (Fsp3) is 0.348. The summed E-state index contributed by atoms with van der Waals surface area (Å²) < 4.78 is 32.7. The fourth-order valence-corrected chi connectivity index (χ4v) is 5.99. The van der Waals surface area contributed by atoms with Crippen LogP contribution in [0.3, 0.4) is 0 Å². The number of carbonyl (C=O) groups excluding carboxylic acids is 1. The van der Waals surface area contributed by atoms with Crippen LogP contribution in [0.4, 0.5) is 5.69 Å². The van der Waals surface area contributed by atoms with Crippen LogP contribution < -0.4 is 4.90 Å². The molecule has 1 aromatic carbocycles. The average Bonchev–Trinajstić information content (AvgIpc) is 3.17. The van der Waals surface area contributed by atoms with E-state index in [9.17, 15) is 13.2 Å². The molecule has 0 bridgehead atoms. The van der Waals surface area contributed by atoms with Crippen LogP contribution in [0.15, 0.2) is 58.1 Å². The van der Waals surface area contributed by atoms with Gasteiger partial charge in [0, 0.05) is 35.9 Å². The molecule has 0 radical (unpaired) electrons. The van der Waals surface area contributed by atoms with Gasteiger partial charge in [-0.15, -0.1) is 0 Å². The number of amides is 1. The van der Waals surface area contributed by atoms with Crippen LogP contribution in [0.5, 0.6) is 0 Å². The van der Waals surface area contributed by atoms with Crippen LogP contribution in [0, 0.1) is 19.8 Å². The van der Waals surface area contributed by atoms with E-state index in [1.807, 2.05) is 18.2 Å². The maximum Gasteiger partial charge on any atom is 0.248 e. The Balaban J connectivity index is 1.52. The molecule has 0 unspecified atom stereocenters. The molecular weight excluding hydrogens is 464 g/mol. The number of rotatable bonds is 6. The third-order valence-electron chi connectivity index (χ3n) is 5.82. The second kappa shape index (κ2) is 9.62. The van der Waals surface area contributed by atoms with E-state index >= 15 is 0 Å². The lowest BCUT2D eigenvalue weighted by molar-refractivity contribution is -0.123. The van der Waals surface area contributed by atoms with Crippen molar-refractivity contribution in [1.29, 1.82) is 0 Å². The molecule has 0 N–H and O–H groups in total. The number of nitrogens with zero attached hydrogens (tertiary/aromatic N) is 4. The first-order valence-electron chi connectivity index (χ1n) is 10.7. The Bertz CT molecular complexity index is 1200. The van der Waals surface area contributed by atoms with E-state index in [-0.39, 0.29) is 35.6 Å². The monoisotopic (exact) mass is 488 g/mol. The predicted octanol–water partition coefficient (Wildman–Crippen LogP) is 3.97. The smallest absolute Gasteiger partial charge is 0.248 e. The summed E-state index contributed by atoms with van der Waals surface area (Å²) in [5.41, 5.74) is 1.83. The standard InChI is InChI=1S/C23H25ClN4O4S/c1-16-22(17(2)32-26-16)33(30,31)27-13-10-18(11-14-27)23(29)28(15-20-5-3-4-12-25-20)21-8-6-19(24)7-9-21/h3-9,12,18H,10-11,13-15H2,1-2H3. The van der Waals surface area contributed by atoms with Crippen molar-refractivity contribution in [2.45, 2.75) is 38.1 Å². The molecule has 0 spiro atoms. The molecule has 0 saturated carbocycles. The highest BCUT2D eigenvalue weighted by atomic mass is 35.5. The molecule has 3 aromatic rings. The summed E-state index contributed by atoms with van der Waals surface area (Å²) in [6, 6.07) is 12.7. The topological polar surface area (TPSA) is 96.6 Å². The Labute approximate surface area is 198 Å². The molecule has 33 heavy (non-hydrogen) atoms. The number of benzene rings is 1. The van der Waals surface area contributed by atoms with Crippen LogP contribution in [-0.4, -0.2) is 41.9 Å². The number of pyridine rings is 1. The first-order chi connectivity index (χ1) is 15.8. The molecular formula is C23H25ClN4O4S. The Morgan fingerprint density at radius 2 is 1.85 bits per heavy atom. The van der Waals surface area contributed by atoms with E-state index in [0.717, 1.165) is 11.4 Å². The normalized spacial score (nSPS) is 15.5. The number of carbonyl (C=O) groups is 1. The van der Waals surface area contributed by atoms with Crippen molar-refractivity contribution in [3.8, 4) is 0 Å². The molecule has 1 amide bonds. The Morgan fingerprint density at radius 3 is 2.42 bits per heavy atom. The van der Waals surface area contributed by atoms with Crippen LogP contribution in [0.25, 0.3) is 0 Å². The van der Waals surface area contributed by atoms with Gasteiger partial charge in [0.15, 0.2) is 5.76 Å². The number of piperidine rings is 1. The largest absolute Gasteiger partial charge is 0.360 e. The van der Waals surface area contributed by atoms with Crippen molar-refractivity contribution in [2.75, 3.05) is 18.0 Å². The lowest BCUT2D eigenvalue weighted by Crippen LogP contribution is -2.44. The number of hydrogen-bond donors (Lipinski definition) is 0. The molecule has 1 fully saturated rings. The summed E-state index contributed by atoms with van der Waals surface area (Å²) in [7, 11) is -3.73. The zero-order valence-corrected chi connectivity index (χ0v) is 20.0. The molecule has 0 aliphatic carbocycles. The van der Waals surface area contributed by atoms with Crippen molar-refractivity contribution >= 4 is 33.2 Å². The number of aromatic nitrogens is 2. The van der Waals surface area contributed by atoms with Crippen molar-refractivity contribution in [1.82, 2.24) is 14.4 Å². The molecule has 0 atom stereocenters. The van der Waals surface area contributed by atoms with E-state index in [1.54, 1.807) is 49.2 Å². The van der Waals surface area contributed by atoms with Gasteiger partial charge in [0.1, 0.15) is 10.6 Å². The van der Waals surface area contributed by atoms with Gasteiger partial charge in [-0.2, -0.15) is 4.31 Å². The van der Waals surface area contributed by atoms with Gasteiger partial charge in [-0.3, -0.25) is 9.78 Å². The number of sulfonamides is 1. The summed E-state index contributed by atoms with van der Waals surface area (Å²) in [4.78, 5) is 19.7. The van der Waals surface area contributed by atoms with Crippen LogP contribution in [0.2, 0.25) is 5.02 Å². The third-order valence-corrected chi connectivity index (χ3v) is 8.22. The summed E-state index contributed by atoms with van der Waals surface area (Å²) in [5, 5.41) is 4.35. The van der Waals surface area contributed by atoms with Crippen molar-refractivity contribution in [3.05, 3.63) is 70.8 Å². The van der Waals surface area contributed by atoms with E-state index in [1.165, 1.54) is 4.31 Å². The van der Waals surface area contributed by atoms with Crippen LogP contribution in [-0.2, 0) is 21.4 Å². The number of hydrogen-bond acceptors (Lipinski definition) is 6. The van der Waals surface area contributed by atoms with Gasteiger partial charge in [-0.1, -0.05) is 22.8 Å². The number of aryl methyl sites for hydroxylation is 2. The number of anilines is 1. The summed E-state index contributed by atoms with van der Waals surface area (Å²) in [6.45, 7) is 4.02. The Hall–Kier alpha value is -2.75. The molecule has 174 valence electrons. The van der Waals surface area contributed by atoms with Gasteiger partial charge in [0.2, 0.25) is 15.9 Å². The fourth-order valence-electron chi connectivity index (χ4n) is 4.11. The second-order valence-electron chi connectivity index (χ2n) is 8.05. The third kappa shape index (κ3) is 4.95. The van der Waals surface area contributed by atoms with Crippen molar-refractivity contribution in [2.24, 2.45) is 5.92 Å². The highest BCUT2D eigenvalue weighted by Crippen LogP contribution is 2.30. The highest BCUT2D eigenvalue weighted by molar-refractivity contribution is 7.89. The average molecular weight is 489 g/mol. The zero-order chi connectivity index (χ0) is 23.6. The molecule has 4 rings (SSSR count). The molecule has 3 heterocycles. The Kier molecular flexibility index (Phi) is 6.83. The first kappa shape index (κ1) is 23.4. The SMILES string of the molecule is Cc1noc(C)c1S(=O)(=O)N1CCC(C(=O)N(Cc2ccccn2)c2ccc(Cl)cc2)CC1. The first-order valence-corrected chi connectivity index (χ1v) is 12.5. The molecule has 8 nitrogen and oxygen atoms in total. The van der Waals surface area contributed by atoms with Crippen LogP contribution in [0.1, 0.15) is 30.0 Å². The maximum absolute atomic E-state index is 13.6. The number of halogens is 1. The van der Waals surface area contributed by atoms with Crippen molar-refractivity contribution in [3.63, 3.8) is 0 Å². The van der Waals surface area contributed by atoms with Gasteiger partial charge in [0.05, 0.1) is 12.2 Å². The lowest BCUT2D eigenvalue weighted by Gasteiger charge is -2.33. The molecule has 1 saturated heterocycles. The minimum Gasteiger partial charge on any atom is -0.360 e. The molecule has 2 aromatic heterocycles. The summed E-state index contributed by atoms with van der Waals surface area (Å²) in [5.74, 6) is -0.0900. The minimum absolute atomic E-state index is 0.0580. The quantitative estimate of drug-likeness (QED) is 0.520. The Morgan fingerprint density at radius 1 is 1.15 bits per heavy atom. The van der Waals surface area contributed by atoms with Gasteiger partial charge >= 0.3 is 0 Å². The summed E-state index contributed by atoms with van der Waals surface area (Å²) in [6.07, 6.45) is 2.54. The maximum atomic E-state index is 13.6. The van der Waals surface area contributed by atoms with E-state index in [2.05, 4.69) is 10.1 Å². The zero-order valence-electron chi connectivity index (χ0n) is 18.4. The van der Waals surface area contributed by atoms with E-state index < -0.39 is 10.0 Å². The van der Waals surface area contributed by atoms with Gasteiger partial charge in [-0.05, 0) is 63.1 Å². The predicted molar refractivity (Wildman–Crippen MR) is 124 cm³/mol.